The zero-order chi connectivity index (χ0) is 19.5. The zero-order valence-corrected chi connectivity index (χ0v) is 16.5. The summed E-state index contributed by atoms with van der Waals surface area (Å²) in [5.74, 6) is 3.04. The van der Waals surface area contributed by atoms with Crippen LogP contribution in [0, 0.1) is 0 Å². The maximum absolute atomic E-state index is 5.41. The summed E-state index contributed by atoms with van der Waals surface area (Å²) in [5, 5.41) is 6.53. The minimum Gasteiger partial charge on any atom is -0.493 e. The molecule has 0 radical (unpaired) electrons. The van der Waals surface area contributed by atoms with Crippen molar-refractivity contribution in [2.24, 2.45) is 0 Å². The monoisotopic (exact) mass is 393 g/mol. The molecule has 0 aliphatic carbocycles. The molecule has 0 aliphatic heterocycles. The number of thiophene rings is 1. The molecule has 0 fully saturated rings. The van der Waals surface area contributed by atoms with Crippen molar-refractivity contribution in [1.82, 2.24) is 9.97 Å². The molecule has 2 heterocycles. The second-order valence-corrected chi connectivity index (χ2v) is 6.86. The summed E-state index contributed by atoms with van der Waals surface area (Å²) in [6, 6.07) is 13.7. The molecule has 0 spiro atoms. The van der Waals surface area contributed by atoms with Crippen LogP contribution in [-0.2, 0) is 0 Å². The van der Waals surface area contributed by atoms with E-state index in [4.69, 9.17) is 14.2 Å². The molecule has 0 bridgehead atoms. The van der Waals surface area contributed by atoms with Gasteiger partial charge in [0.25, 0.3) is 0 Å². The van der Waals surface area contributed by atoms with Gasteiger partial charge in [0.15, 0.2) is 17.3 Å². The largest absolute Gasteiger partial charge is 0.493 e. The molecule has 0 unspecified atom stereocenters. The van der Waals surface area contributed by atoms with Crippen molar-refractivity contribution in [3.63, 3.8) is 0 Å². The first-order chi connectivity index (χ1) is 13.7. The first-order valence-electron chi connectivity index (χ1n) is 8.60. The average Bonchev–Trinajstić information content (AvgIpc) is 3.17. The Morgan fingerprint density at radius 2 is 1.68 bits per heavy atom. The number of nitrogens with one attached hydrogen (secondary N) is 1. The van der Waals surface area contributed by atoms with Crippen LogP contribution in [0.4, 0.5) is 11.5 Å². The summed E-state index contributed by atoms with van der Waals surface area (Å²) < 4.78 is 17.4. The molecule has 4 aromatic rings. The van der Waals surface area contributed by atoms with E-state index in [9.17, 15) is 0 Å². The molecule has 0 saturated heterocycles. The van der Waals surface area contributed by atoms with E-state index in [1.807, 2.05) is 30.3 Å². The lowest BCUT2D eigenvalue weighted by Gasteiger charge is -2.15. The van der Waals surface area contributed by atoms with E-state index in [0.29, 0.717) is 28.9 Å². The van der Waals surface area contributed by atoms with Crippen LogP contribution in [0.3, 0.4) is 0 Å². The number of rotatable bonds is 6. The third kappa shape index (κ3) is 3.32. The van der Waals surface area contributed by atoms with E-state index in [1.54, 1.807) is 38.9 Å². The number of benzene rings is 2. The van der Waals surface area contributed by atoms with Crippen LogP contribution in [0.15, 0.2) is 54.0 Å². The highest BCUT2D eigenvalue weighted by molar-refractivity contribution is 7.17. The molecule has 2 aromatic heterocycles. The van der Waals surface area contributed by atoms with Gasteiger partial charge in [-0.05, 0) is 12.1 Å². The molecule has 0 saturated carbocycles. The molecular weight excluding hydrogens is 374 g/mol. The summed E-state index contributed by atoms with van der Waals surface area (Å²) >= 11 is 1.69. The van der Waals surface area contributed by atoms with Gasteiger partial charge < -0.3 is 19.5 Å². The van der Waals surface area contributed by atoms with Gasteiger partial charge >= 0.3 is 0 Å². The van der Waals surface area contributed by atoms with E-state index in [-0.39, 0.29) is 0 Å². The Morgan fingerprint density at radius 3 is 2.39 bits per heavy atom. The fourth-order valence-corrected chi connectivity index (χ4v) is 3.95. The predicted molar refractivity (Wildman–Crippen MR) is 112 cm³/mol. The number of anilines is 2. The Hall–Kier alpha value is -3.32. The Labute approximate surface area is 166 Å². The van der Waals surface area contributed by atoms with Crippen LogP contribution >= 0.6 is 11.3 Å². The summed E-state index contributed by atoms with van der Waals surface area (Å²) in [6.07, 6.45) is 1.75. The average molecular weight is 393 g/mol. The van der Waals surface area contributed by atoms with Crippen LogP contribution in [0.25, 0.3) is 21.5 Å². The molecule has 4 rings (SSSR count). The maximum atomic E-state index is 5.41. The normalized spacial score (nSPS) is 10.7. The standard InChI is InChI=1S/C21H19N3O3S/c1-25-16-10-13(11-17(26-2)20(16)27-3)23-19-8-9-22-21(24-19)15-12-28-18-7-5-4-6-14(15)18/h4-12H,1-3H3,(H,22,23,24). The van der Waals surface area contributed by atoms with Gasteiger partial charge in [0, 0.05) is 45.0 Å². The minimum absolute atomic E-state index is 0.545. The fraction of sp³-hybridized carbons (Fsp3) is 0.143. The van der Waals surface area contributed by atoms with Gasteiger partial charge in [0.2, 0.25) is 5.75 Å². The molecule has 28 heavy (non-hydrogen) atoms. The SMILES string of the molecule is COc1cc(Nc2ccnc(-c3csc4ccccc34)n2)cc(OC)c1OC. The van der Waals surface area contributed by atoms with Crippen molar-refractivity contribution in [3.05, 3.63) is 54.0 Å². The number of ether oxygens (including phenoxy) is 3. The van der Waals surface area contributed by atoms with Crippen molar-refractivity contribution in [1.29, 1.82) is 0 Å². The summed E-state index contributed by atoms with van der Waals surface area (Å²) in [7, 11) is 4.76. The highest BCUT2D eigenvalue weighted by atomic mass is 32.1. The number of methoxy groups -OCH3 is 3. The fourth-order valence-electron chi connectivity index (χ4n) is 3.01. The van der Waals surface area contributed by atoms with Crippen molar-refractivity contribution in [2.45, 2.75) is 0 Å². The minimum atomic E-state index is 0.545. The van der Waals surface area contributed by atoms with Gasteiger partial charge in [-0.15, -0.1) is 11.3 Å². The van der Waals surface area contributed by atoms with Crippen molar-refractivity contribution < 1.29 is 14.2 Å². The predicted octanol–water partition coefficient (Wildman–Crippen LogP) is 5.13. The summed E-state index contributed by atoms with van der Waals surface area (Å²) in [6.45, 7) is 0. The molecule has 0 aliphatic rings. The molecule has 6 nitrogen and oxygen atoms in total. The van der Waals surface area contributed by atoms with E-state index < -0.39 is 0 Å². The number of fused-ring (bicyclic) bond motifs is 1. The Kier molecular flexibility index (Phi) is 4.99. The molecule has 142 valence electrons. The lowest BCUT2D eigenvalue weighted by molar-refractivity contribution is 0.324. The number of hydrogen-bond acceptors (Lipinski definition) is 7. The van der Waals surface area contributed by atoms with Gasteiger partial charge in [0.1, 0.15) is 5.82 Å². The second kappa shape index (κ2) is 7.74. The van der Waals surface area contributed by atoms with Crippen molar-refractivity contribution in [3.8, 4) is 28.6 Å². The van der Waals surface area contributed by atoms with E-state index in [2.05, 4.69) is 32.8 Å². The molecule has 7 heteroatoms. The van der Waals surface area contributed by atoms with E-state index in [1.165, 1.54) is 4.70 Å². The number of aromatic nitrogens is 2. The lowest BCUT2D eigenvalue weighted by atomic mass is 10.1. The van der Waals surface area contributed by atoms with Gasteiger partial charge in [-0.1, -0.05) is 18.2 Å². The van der Waals surface area contributed by atoms with Crippen molar-refractivity contribution in [2.75, 3.05) is 26.6 Å². The Balaban J connectivity index is 1.69. The van der Waals surface area contributed by atoms with Crippen LogP contribution in [0.2, 0.25) is 0 Å². The summed E-state index contributed by atoms with van der Waals surface area (Å²) in [4.78, 5) is 9.14. The third-order valence-corrected chi connectivity index (χ3v) is 5.28. The number of hydrogen-bond donors (Lipinski definition) is 1. The highest BCUT2D eigenvalue weighted by Gasteiger charge is 2.14. The van der Waals surface area contributed by atoms with Crippen LogP contribution < -0.4 is 19.5 Å². The first-order valence-corrected chi connectivity index (χ1v) is 9.48. The van der Waals surface area contributed by atoms with Crippen molar-refractivity contribution >= 4 is 32.9 Å². The molecule has 2 aromatic carbocycles. The topological polar surface area (TPSA) is 65.5 Å². The smallest absolute Gasteiger partial charge is 0.203 e. The molecule has 0 atom stereocenters. The van der Waals surface area contributed by atoms with E-state index in [0.717, 1.165) is 16.6 Å². The first kappa shape index (κ1) is 18.1. The van der Waals surface area contributed by atoms with Crippen LogP contribution in [-0.4, -0.2) is 31.3 Å². The van der Waals surface area contributed by atoms with Crippen LogP contribution in [0.1, 0.15) is 0 Å². The zero-order valence-electron chi connectivity index (χ0n) is 15.7. The van der Waals surface area contributed by atoms with Gasteiger partial charge in [-0.2, -0.15) is 0 Å². The third-order valence-electron chi connectivity index (χ3n) is 4.31. The highest BCUT2D eigenvalue weighted by Crippen LogP contribution is 2.40. The van der Waals surface area contributed by atoms with E-state index >= 15 is 0 Å². The summed E-state index contributed by atoms with van der Waals surface area (Å²) in [5.41, 5.74) is 1.79. The Morgan fingerprint density at radius 1 is 0.929 bits per heavy atom. The quantitative estimate of drug-likeness (QED) is 0.490. The Bertz CT molecular complexity index is 1100. The molecule has 1 N–H and O–H groups in total. The molecular formula is C21H19N3O3S. The number of nitrogens with zero attached hydrogens (tertiary/aromatic N) is 2. The van der Waals surface area contributed by atoms with Gasteiger partial charge in [-0.25, -0.2) is 9.97 Å². The lowest BCUT2D eigenvalue weighted by Crippen LogP contribution is -2.00. The van der Waals surface area contributed by atoms with Gasteiger partial charge in [0.05, 0.1) is 21.3 Å². The van der Waals surface area contributed by atoms with Crippen LogP contribution in [0.5, 0.6) is 17.2 Å². The second-order valence-electron chi connectivity index (χ2n) is 5.95. The maximum Gasteiger partial charge on any atom is 0.203 e. The van der Waals surface area contributed by atoms with Gasteiger partial charge in [-0.3, -0.25) is 0 Å². The molecule has 0 amide bonds.